The van der Waals surface area contributed by atoms with E-state index in [9.17, 15) is 9.59 Å². The first-order valence-electron chi connectivity index (χ1n) is 9.01. The van der Waals surface area contributed by atoms with Gasteiger partial charge in [0.15, 0.2) is 0 Å². The van der Waals surface area contributed by atoms with Crippen molar-refractivity contribution in [1.82, 2.24) is 0 Å². The number of fused-ring (bicyclic) bond motifs is 3. The summed E-state index contributed by atoms with van der Waals surface area (Å²) in [5.74, 6) is 1.46. The SMILES string of the molecule is CC(=O)[C@]1(C)CC[C@H]2[C@@H]3C(C)(C)CC[C@]3(C)C[C@]21[C@H](C)C=O. The van der Waals surface area contributed by atoms with Crippen LogP contribution < -0.4 is 0 Å². The van der Waals surface area contributed by atoms with Crippen molar-refractivity contribution >= 4 is 12.1 Å². The number of Topliss-reactive ketones (excluding diaryl/α,β-unsaturated/α-hetero) is 1. The van der Waals surface area contributed by atoms with Crippen molar-refractivity contribution in [2.45, 2.75) is 73.6 Å². The van der Waals surface area contributed by atoms with Crippen molar-refractivity contribution in [3.63, 3.8) is 0 Å². The van der Waals surface area contributed by atoms with Gasteiger partial charge in [-0.05, 0) is 67.1 Å². The summed E-state index contributed by atoms with van der Waals surface area (Å²) in [6.45, 7) is 13.2. The molecule has 2 nitrogen and oxygen atoms in total. The molecule has 0 spiro atoms. The molecule has 0 bridgehead atoms. The van der Waals surface area contributed by atoms with Gasteiger partial charge in [-0.1, -0.05) is 34.6 Å². The van der Waals surface area contributed by atoms with E-state index in [0.717, 1.165) is 25.5 Å². The van der Waals surface area contributed by atoms with E-state index in [0.29, 0.717) is 28.4 Å². The molecule has 0 aliphatic heterocycles. The van der Waals surface area contributed by atoms with Crippen LogP contribution >= 0.6 is 0 Å². The Hall–Kier alpha value is -0.660. The molecular formula is C20H32O2. The molecule has 0 aromatic carbocycles. The summed E-state index contributed by atoms with van der Waals surface area (Å²) in [7, 11) is 0. The molecule has 3 fully saturated rings. The number of carbonyl (C=O) groups excluding carboxylic acids is 2. The Labute approximate surface area is 135 Å². The lowest BCUT2D eigenvalue weighted by molar-refractivity contribution is -0.139. The summed E-state index contributed by atoms with van der Waals surface area (Å²) in [4.78, 5) is 24.4. The van der Waals surface area contributed by atoms with Gasteiger partial charge in [-0.3, -0.25) is 4.79 Å². The molecule has 3 aliphatic rings. The molecule has 3 saturated carbocycles. The lowest BCUT2D eigenvalue weighted by atomic mass is 9.55. The van der Waals surface area contributed by atoms with Gasteiger partial charge in [0.1, 0.15) is 12.1 Å². The largest absolute Gasteiger partial charge is 0.303 e. The van der Waals surface area contributed by atoms with Crippen LogP contribution in [0.5, 0.6) is 0 Å². The Kier molecular flexibility index (Phi) is 3.28. The van der Waals surface area contributed by atoms with Crippen LogP contribution in [0.1, 0.15) is 73.6 Å². The molecule has 0 heterocycles. The van der Waals surface area contributed by atoms with Crippen molar-refractivity contribution in [3.05, 3.63) is 0 Å². The normalized spacial score (nSPS) is 50.5. The van der Waals surface area contributed by atoms with Gasteiger partial charge in [0.2, 0.25) is 0 Å². The summed E-state index contributed by atoms with van der Waals surface area (Å²) >= 11 is 0. The summed E-state index contributed by atoms with van der Waals surface area (Å²) in [6, 6.07) is 0. The quantitative estimate of drug-likeness (QED) is 0.711. The molecule has 6 atom stereocenters. The Morgan fingerprint density at radius 1 is 1.14 bits per heavy atom. The van der Waals surface area contributed by atoms with Gasteiger partial charge in [-0.2, -0.15) is 0 Å². The fourth-order valence-corrected chi connectivity index (χ4v) is 7.52. The summed E-state index contributed by atoms with van der Waals surface area (Å²) in [6.07, 6.45) is 6.83. The number of aldehydes is 1. The molecule has 0 aromatic rings. The zero-order chi connectivity index (χ0) is 16.6. The predicted octanol–water partition coefficient (Wildman–Crippen LogP) is 4.66. The van der Waals surface area contributed by atoms with Crippen LogP contribution in [-0.4, -0.2) is 12.1 Å². The number of rotatable bonds is 3. The number of carbonyl (C=O) groups is 2. The van der Waals surface area contributed by atoms with Gasteiger partial charge < -0.3 is 4.79 Å². The molecule has 0 radical (unpaired) electrons. The minimum absolute atomic E-state index is 0.0212. The molecule has 0 saturated heterocycles. The van der Waals surface area contributed by atoms with E-state index in [1.54, 1.807) is 6.92 Å². The van der Waals surface area contributed by atoms with E-state index >= 15 is 0 Å². The molecule has 124 valence electrons. The van der Waals surface area contributed by atoms with Crippen molar-refractivity contribution in [3.8, 4) is 0 Å². The van der Waals surface area contributed by atoms with Gasteiger partial charge in [0.25, 0.3) is 0 Å². The van der Waals surface area contributed by atoms with Crippen molar-refractivity contribution in [2.24, 2.45) is 39.4 Å². The van der Waals surface area contributed by atoms with E-state index in [1.807, 2.05) is 0 Å². The topological polar surface area (TPSA) is 34.1 Å². The predicted molar refractivity (Wildman–Crippen MR) is 88.4 cm³/mol. The van der Waals surface area contributed by atoms with E-state index in [2.05, 4.69) is 34.6 Å². The van der Waals surface area contributed by atoms with E-state index < -0.39 is 0 Å². The Balaban J connectivity index is 2.18. The highest BCUT2D eigenvalue weighted by Gasteiger charge is 2.74. The Bertz CT molecular complexity index is 522. The molecule has 0 unspecified atom stereocenters. The minimum atomic E-state index is -0.318. The zero-order valence-corrected chi connectivity index (χ0v) is 15.2. The fourth-order valence-electron chi connectivity index (χ4n) is 7.52. The number of hydrogen-bond acceptors (Lipinski definition) is 2. The zero-order valence-electron chi connectivity index (χ0n) is 15.2. The average molecular weight is 304 g/mol. The molecule has 22 heavy (non-hydrogen) atoms. The second-order valence-electron chi connectivity index (χ2n) is 9.80. The third-order valence-corrected chi connectivity index (χ3v) is 8.47. The highest BCUT2D eigenvalue weighted by molar-refractivity contribution is 5.84. The first-order valence-corrected chi connectivity index (χ1v) is 9.01. The lowest BCUT2D eigenvalue weighted by Crippen LogP contribution is -2.48. The maximum Gasteiger partial charge on any atom is 0.136 e. The van der Waals surface area contributed by atoms with Crippen LogP contribution in [-0.2, 0) is 9.59 Å². The molecule has 2 heteroatoms. The summed E-state index contributed by atoms with van der Waals surface area (Å²) in [5.41, 5.74) is 0.216. The Morgan fingerprint density at radius 2 is 1.77 bits per heavy atom. The Morgan fingerprint density at radius 3 is 2.32 bits per heavy atom. The first kappa shape index (κ1) is 16.2. The highest BCUT2D eigenvalue weighted by Crippen LogP contribution is 2.78. The smallest absolute Gasteiger partial charge is 0.136 e. The lowest BCUT2D eigenvalue weighted by Gasteiger charge is -2.47. The summed E-state index contributed by atoms with van der Waals surface area (Å²) < 4.78 is 0. The third-order valence-electron chi connectivity index (χ3n) is 8.47. The van der Waals surface area contributed by atoms with Crippen LogP contribution in [0.25, 0.3) is 0 Å². The number of hydrogen-bond donors (Lipinski definition) is 0. The van der Waals surface area contributed by atoms with Gasteiger partial charge >= 0.3 is 0 Å². The van der Waals surface area contributed by atoms with E-state index in [1.165, 1.54) is 12.8 Å². The maximum atomic E-state index is 12.6. The summed E-state index contributed by atoms with van der Waals surface area (Å²) in [5, 5.41) is 0. The van der Waals surface area contributed by atoms with Gasteiger partial charge in [0.05, 0.1) is 0 Å². The molecule has 3 aliphatic carbocycles. The van der Waals surface area contributed by atoms with Crippen LogP contribution in [0.4, 0.5) is 0 Å². The average Bonchev–Trinajstić information content (AvgIpc) is 2.95. The van der Waals surface area contributed by atoms with Gasteiger partial charge in [-0.25, -0.2) is 0 Å². The van der Waals surface area contributed by atoms with Crippen LogP contribution in [0.3, 0.4) is 0 Å². The monoisotopic (exact) mass is 304 g/mol. The van der Waals surface area contributed by atoms with Crippen LogP contribution in [0.2, 0.25) is 0 Å². The molecular weight excluding hydrogens is 272 g/mol. The van der Waals surface area contributed by atoms with E-state index in [-0.39, 0.29) is 16.7 Å². The minimum Gasteiger partial charge on any atom is -0.303 e. The standard InChI is InChI=1S/C20H32O2/c1-13(11-21)20-12-18(5)10-9-17(3,4)16(18)15(20)7-8-19(20,6)14(2)22/h11,13,15-16H,7-10,12H2,1-6H3/t13-,15+,16-,18-,19+,20+/m1/s1. The molecule has 0 amide bonds. The maximum absolute atomic E-state index is 12.6. The molecule has 0 N–H and O–H groups in total. The fraction of sp³-hybridized carbons (Fsp3) is 0.900. The first-order chi connectivity index (χ1) is 10.1. The van der Waals surface area contributed by atoms with Crippen molar-refractivity contribution in [2.75, 3.05) is 0 Å². The second-order valence-corrected chi connectivity index (χ2v) is 9.80. The van der Waals surface area contributed by atoms with Crippen molar-refractivity contribution < 1.29 is 9.59 Å². The van der Waals surface area contributed by atoms with Crippen LogP contribution in [0.15, 0.2) is 0 Å². The molecule has 3 rings (SSSR count). The molecule has 0 aromatic heterocycles. The van der Waals surface area contributed by atoms with Gasteiger partial charge in [0, 0.05) is 11.3 Å². The van der Waals surface area contributed by atoms with Gasteiger partial charge in [-0.15, -0.1) is 0 Å². The highest BCUT2D eigenvalue weighted by atomic mass is 16.1. The van der Waals surface area contributed by atoms with Crippen molar-refractivity contribution in [1.29, 1.82) is 0 Å². The number of ketones is 1. The van der Waals surface area contributed by atoms with E-state index in [4.69, 9.17) is 0 Å². The van der Waals surface area contributed by atoms with Crippen LogP contribution in [0, 0.1) is 39.4 Å². The second kappa shape index (κ2) is 4.45. The third kappa shape index (κ3) is 1.62.